The monoisotopic (exact) mass is 632 g/mol. The number of ether oxygens (including phenoxy) is 6. The molecule has 0 aliphatic carbocycles. The molecule has 3 atom stereocenters. The van der Waals surface area contributed by atoms with Gasteiger partial charge < -0.3 is 43.4 Å². The van der Waals surface area contributed by atoms with Gasteiger partial charge in [0.25, 0.3) is 0 Å². The van der Waals surface area contributed by atoms with E-state index in [4.69, 9.17) is 28.4 Å². The first kappa shape index (κ1) is 32.6. The third-order valence-electron chi connectivity index (χ3n) is 7.79. The summed E-state index contributed by atoms with van der Waals surface area (Å²) in [5.41, 5.74) is 2.48. The molecule has 0 spiro atoms. The van der Waals surface area contributed by atoms with Crippen LogP contribution in [0, 0.1) is 0 Å². The van der Waals surface area contributed by atoms with E-state index in [1.54, 1.807) is 40.0 Å². The van der Waals surface area contributed by atoms with E-state index in [1.807, 2.05) is 48.5 Å². The second kappa shape index (κ2) is 14.1. The Bertz CT molecular complexity index is 1550. The summed E-state index contributed by atoms with van der Waals surface area (Å²) in [4.78, 5) is 41.9. The molecule has 0 saturated carbocycles. The van der Waals surface area contributed by atoms with E-state index in [2.05, 4.69) is 5.32 Å². The highest BCUT2D eigenvalue weighted by Gasteiger charge is 2.42. The highest BCUT2D eigenvalue weighted by Crippen LogP contribution is 2.41. The molecule has 1 N–H and O–H groups in total. The first-order valence-electron chi connectivity index (χ1n) is 15.1. The molecule has 244 valence electrons. The van der Waals surface area contributed by atoms with Crippen molar-refractivity contribution in [3.63, 3.8) is 0 Å². The Morgan fingerprint density at radius 3 is 2.39 bits per heavy atom. The predicted molar refractivity (Wildman–Crippen MR) is 168 cm³/mol. The van der Waals surface area contributed by atoms with E-state index in [1.165, 1.54) is 12.0 Å². The first-order chi connectivity index (χ1) is 22.1. The number of carbonyl (C=O) groups excluding carboxylic acids is 3. The molecule has 0 bridgehead atoms. The van der Waals surface area contributed by atoms with Crippen LogP contribution in [-0.4, -0.2) is 68.5 Å². The predicted octanol–water partition coefficient (Wildman–Crippen LogP) is 4.78. The summed E-state index contributed by atoms with van der Waals surface area (Å²) in [5.74, 6) is 1.68. The topological polar surface area (TPSA) is 122 Å². The third-order valence-corrected chi connectivity index (χ3v) is 7.79. The third kappa shape index (κ3) is 7.54. The zero-order chi connectivity index (χ0) is 32.8. The fourth-order valence-corrected chi connectivity index (χ4v) is 5.73. The lowest BCUT2D eigenvalue weighted by Crippen LogP contribution is -2.57. The molecule has 3 aromatic carbocycles. The average Bonchev–Trinajstić information content (AvgIpc) is 3.51. The van der Waals surface area contributed by atoms with Crippen molar-refractivity contribution < 1.29 is 42.8 Å². The molecule has 3 aromatic rings. The summed E-state index contributed by atoms with van der Waals surface area (Å²) in [6, 6.07) is 16.1. The van der Waals surface area contributed by atoms with Gasteiger partial charge in [-0.15, -0.1) is 0 Å². The number of fused-ring (bicyclic) bond motifs is 2. The largest absolute Gasteiger partial charge is 0.493 e. The van der Waals surface area contributed by atoms with Gasteiger partial charge in [-0.3, -0.25) is 4.79 Å². The Morgan fingerprint density at radius 1 is 0.978 bits per heavy atom. The molecular weight excluding hydrogens is 592 g/mol. The number of alkyl carbamates (subject to hydrolysis) is 1. The second-order valence-electron chi connectivity index (χ2n) is 12.2. The van der Waals surface area contributed by atoms with E-state index >= 15 is 0 Å². The molecule has 3 unspecified atom stereocenters. The normalized spacial score (nSPS) is 17.5. The van der Waals surface area contributed by atoms with Crippen LogP contribution in [0.4, 0.5) is 4.79 Å². The number of hydrogen-bond acceptors (Lipinski definition) is 9. The zero-order valence-corrected chi connectivity index (χ0v) is 26.7. The van der Waals surface area contributed by atoms with Crippen molar-refractivity contribution in [2.75, 3.05) is 27.6 Å². The van der Waals surface area contributed by atoms with Gasteiger partial charge in [-0.2, -0.15) is 0 Å². The minimum atomic E-state index is -1.09. The molecule has 11 nitrogen and oxygen atoms in total. The van der Waals surface area contributed by atoms with E-state index in [9.17, 15) is 14.4 Å². The van der Waals surface area contributed by atoms with Crippen molar-refractivity contribution in [1.29, 1.82) is 0 Å². The van der Waals surface area contributed by atoms with Gasteiger partial charge >= 0.3 is 6.09 Å². The minimum absolute atomic E-state index is 0.0800. The quantitative estimate of drug-likeness (QED) is 0.298. The van der Waals surface area contributed by atoms with E-state index in [-0.39, 0.29) is 26.2 Å². The van der Waals surface area contributed by atoms with Gasteiger partial charge in [0.15, 0.2) is 23.0 Å². The van der Waals surface area contributed by atoms with Gasteiger partial charge in [-0.25, -0.2) is 4.79 Å². The Morgan fingerprint density at radius 2 is 1.70 bits per heavy atom. The van der Waals surface area contributed by atoms with Crippen molar-refractivity contribution in [1.82, 2.24) is 10.2 Å². The standard InChI is InChI=1S/C35H40N2O9/c1-35(2,3)46-34(40)36-27(13-23-11-12-29-32(14-23)45-21-44-29)33(39)37-25(18-38)15-24-16-30(41-4)31(42-5)17-26(24)28(37)20-43-19-22-9-7-6-8-10-22/h6-12,14,16-18,25,27-28H,13,15,19-21H2,1-5H3,(H,36,40). The van der Waals surface area contributed by atoms with Gasteiger partial charge in [0.1, 0.15) is 17.9 Å². The van der Waals surface area contributed by atoms with Crippen molar-refractivity contribution in [3.05, 3.63) is 82.9 Å². The minimum Gasteiger partial charge on any atom is -0.493 e. The van der Waals surface area contributed by atoms with Crippen molar-refractivity contribution in [2.24, 2.45) is 0 Å². The number of nitrogens with one attached hydrogen (secondary N) is 1. The van der Waals surface area contributed by atoms with Crippen LogP contribution in [0.3, 0.4) is 0 Å². The van der Waals surface area contributed by atoms with Gasteiger partial charge in [0.2, 0.25) is 12.7 Å². The summed E-state index contributed by atoms with van der Waals surface area (Å²) in [7, 11) is 3.08. The Hall–Kier alpha value is -4.77. The first-order valence-corrected chi connectivity index (χ1v) is 15.1. The highest BCUT2D eigenvalue weighted by molar-refractivity contribution is 5.89. The summed E-state index contributed by atoms with van der Waals surface area (Å²) >= 11 is 0. The SMILES string of the molecule is COc1cc2c(cc1OC)C(COCc1ccccc1)N(C(=O)C(Cc1ccc3c(c1)OCO3)NC(=O)OC(C)(C)C)C(C=O)C2. The summed E-state index contributed by atoms with van der Waals surface area (Å²) in [6.45, 7) is 5.71. The molecule has 46 heavy (non-hydrogen) atoms. The zero-order valence-electron chi connectivity index (χ0n) is 26.7. The number of nitrogens with zero attached hydrogens (tertiary/aromatic N) is 1. The maximum atomic E-state index is 14.7. The molecule has 0 radical (unpaired) electrons. The second-order valence-corrected chi connectivity index (χ2v) is 12.2. The summed E-state index contributed by atoms with van der Waals surface area (Å²) in [5, 5.41) is 2.77. The van der Waals surface area contributed by atoms with E-state index in [0.29, 0.717) is 29.6 Å². The maximum Gasteiger partial charge on any atom is 0.408 e. The van der Waals surface area contributed by atoms with Crippen molar-refractivity contribution >= 4 is 18.3 Å². The van der Waals surface area contributed by atoms with Crippen LogP contribution >= 0.6 is 0 Å². The van der Waals surface area contributed by atoms with Crippen LogP contribution in [0.15, 0.2) is 60.7 Å². The number of amides is 2. The van der Waals surface area contributed by atoms with E-state index in [0.717, 1.165) is 28.5 Å². The maximum absolute atomic E-state index is 14.7. The molecule has 2 heterocycles. The van der Waals surface area contributed by atoms with Gasteiger partial charge in [-0.05, 0) is 67.3 Å². The molecule has 2 aliphatic heterocycles. The summed E-state index contributed by atoms with van der Waals surface area (Å²) in [6.07, 6.45) is 0.346. The fourth-order valence-electron chi connectivity index (χ4n) is 5.73. The molecule has 0 saturated heterocycles. The van der Waals surface area contributed by atoms with Crippen LogP contribution in [0.25, 0.3) is 0 Å². The summed E-state index contributed by atoms with van der Waals surface area (Å²) < 4.78 is 33.8. The number of hydrogen-bond donors (Lipinski definition) is 1. The van der Waals surface area contributed by atoms with Gasteiger partial charge in [0.05, 0.1) is 39.5 Å². The fraction of sp³-hybridized carbons (Fsp3) is 0.400. The number of aldehydes is 1. The molecule has 11 heteroatoms. The molecule has 2 aliphatic rings. The van der Waals surface area contributed by atoms with Crippen LogP contribution < -0.4 is 24.3 Å². The molecule has 0 aromatic heterocycles. The van der Waals surface area contributed by atoms with Crippen molar-refractivity contribution in [3.8, 4) is 23.0 Å². The lowest BCUT2D eigenvalue weighted by molar-refractivity contribution is -0.144. The lowest BCUT2D eigenvalue weighted by Gasteiger charge is -2.43. The lowest BCUT2D eigenvalue weighted by atomic mass is 9.87. The van der Waals surface area contributed by atoms with Crippen LogP contribution in [-0.2, 0) is 38.5 Å². The Labute approximate surface area is 268 Å². The highest BCUT2D eigenvalue weighted by atomic mass is 16.7. The molecule has 5 rings (SSSR count). The smallest absolute Gasteiger partial charge is 0.408 e. The molecule has 0 fully saturated rings. The average molecular weight is 633 g/mol. The van der Waals surface area contributed by atoms with Crippen LogP contribution in [0.5, 0.6) is 23.0 Å². The Balaban J connectivity index is 1.52. The van der Waals surface area contributed by atoms with E-state index < -0.39 is 35.7 Å². The number of benzene rings is 3. The van der Waals surface area contributed by atoms with Gasteiger partial charge in [-0.1, -0.05) is 36.4 Å². The Kier molecular flexibility index (Phi) is 10.0. The van der Waals surface area contributed by atoms with Crippen LogP contribution in [0.1, 0.15) is 49.1 Å². The molecular formula is C35H40N2O9. The number of carbonyl (C=O) groups is 3. The van der Waals surface area contributed by atoms with Crippen LogP contribution in [0.2, 0.25) is 0 Å². The molecule has 2 amide bonds. The number of methoxy groups -OCH3 is 2. The van der Waals surface area contributed by atoms with Gasteiger partial charge in [0, 0.05) is 12.8 Å². The number of rotatable bonds is 11. The van der Waals surface area contributed by atoms with Crippen molar-refractivity contribution in [2.45, 2.75) is 63.9 Å².